The lowest BCUT2D eigenvalue weighted by Gasteiger charge is -2.14. The number of hydrogen-bond acceptors (Lipinski definition) is 5. The molecule has 3 heterocycles. The van der Waals surface area contributed by atoms with Crippen LogP contribution in [0.25, 0.3) is 22.0 Å². The molecule has 0 atom stereocenters. The van der Waals surface area contributed by atoms with Crippen LogP contribution in [0.15, 0.2) is 52.3 Å². The number of oxazole rings is 1. The highest BCUT2D eigenvalue weighted by molar-refractivity contribution is 7.13. The fourth-order valence-corrected chi connectivity index (χ4v) is 3.86. The molecule has 1 aromatic carbocycles. The van der Waals surface area contributed by atoms with Crippen LogP contribution in [0.1, 0.15) is 23.6 Å². The predicted octanol–water partition coefficient (Wildman–Crippen LogP) is 5.31. The van der Waals surface area contributed by atoms with E-state index in [1.165, 1.54) is 12.1 Å². The van der Waals surface area contributed by atoms with Crippen molar-refractivity contribution in [3.63, 3.8) is 0 Å². The number of thiophene rings is 1. The molecule has 0 saturated carbocycles. The Morgan fingerprint density at radius 1 is 1.21 bits per heavy atom. The van der Waals surface area contributed by atoms with E-state index in [2.05, 4.69) is 27.1 Å². The van der Waals surface area contributed by atoms with Gasteiger partial charge in [0, 0.05) is 17.8 Å². The van der Waals surface area contributed by atoms with Crippen LogP contribution in [0.3, 0.4) is 0 Å². The normalized spacial score (nSPS) is 11.4. The fraction of sp³-hybridized carbons (Fsp3) is 0.273. The van der Waals surface area contributed by atoms with E-state index < -0.39 is 0 Å². The molecule has 4 aromatic rings. The van der Waals surface area contributed by atoms with Gasteiger partial charge < -0.3 is 9.32 Å². The van der Waals surface area contributed by atoms with E-state index >= 15 is 0 Å². The van der Waals surface area contributed by atoms with Crippen molar-refractivity contribution in [2.75, 3.05) is 13.6 Å². The van der Waals surface area contributed by atoms with E-state index in [-0.39, 0.29) is 5.82 Å². The lowest BCUT2D eigenvalue weighted by atomic mass is 10.1. The van der Waals surface area contributed by atoms with Crippen LogP contribution in [0.2, 0.25) is 0 Å². The molecular weight excluding hydrogens is 387 g/mol. The van der Waals surface area contributed by atoms with E-state index in [4.69, 9.17) is 4.42 Å². The van der Waals surface area contributed by atoms with E-state index in [0.717, 1.165) is 59.2 Å². The van der Waals surface area contributed by atoms with E-state index in [9.17, 15) is 4.39 Å². The first kappa shape index (κ1) is 19.5. The highest BCUT2D eigenvalue weighted by Crippen LogP contribution is 2.26. The molecule has 0 aliphatic carbocycles. The number of H-pyrrole nitrogens is 1. The highest BCUT2D eigenvalue weighted by Gasteiger charge is 2.14. The summed E-state index contributed by atoms with van der Waals surface area (Å²) in [6.07, 6.45) is 1.90. The van der Waals surface area contributed by atoms with Gasteiger partial charge in [0.25, 0.3) is 0 Å². The SMILES string of the molecule is Cc1oc(-c2cccs2)nc1CN(C)CCCc1cc(-c2ccc(F)cc2)n[nH]1. The van der Waals surface area contributed by atoms with Crippen LogP contribution in [0.4, 0.5) is 4.39 Å². The topological polar surface area (TPSA) is 58.0 Å². The maximum absolute atomic E-state index is 13.1. The minimum Gasteiger partial charge on any atom is -0.440 e. The second-order valence-corrected chi connectivity index (χ2v) is 8.07. The van der Waals surface area contributed by atoms with Gasteiger partial charge in [0.15, 0.2) is 0 Å². The molecular formula is C22H23FN4OS. The molecule has 0 radical (unpaired) electrons. The number of hydrogen-bond donors (Lipinski definition) is 1. The summed E-state index contributed by atoms with van der Waals surface area (Å²) in [6, 6.07) is 12.4. The Morgan fingerprint density at radius 3 is 2.79 bits per heavy atom. The summed E-state index contributed by atoms with van der Waals surface area (Å²) in [5.74, 6) is 1.34. The Labute approximate surface area is 173 Å². The number of aromatic nitrogens is 3. The summed E-state index contributed by atoms with van der Waals surface area (Å²) in [5, 5.41) is 9.45. The molecule has 150 valence electrons. The van der Waals surface area contributed by atoms with Crippen molar-refractivity contribution in [1.82, 2.24) is 20.1 Å². The Bertz CT molecular complexity index is 1050. The first-order chi connectivity index (χ1) is 14.1. The summed E-state index contributed by atoms with van der Waals surface area (Å²) in [4.78, 5) is 7.96. The number of aryl methyl sites for hydroxylation is 2. The van der Waals surface area contributed by atoms with E-state index in [1.54, 1.807) is 23.5 Å². The van der Waals surface area contributed by atoms with Gasteiger partial charge in [-0.25, -0.2) is 9.37 Å². The van der Waals surface area contributed by atoms with Crippen molar-refractivity contribution in [2.45, 2.75) is 26.3 Å². The summed E-state index contributed by atoms with van der Waals surface area (Å²) < 4.78 is 18.9. The standard InChI is InChI=1S/C22H23FN4OS/c1-15-20(24-22(28-15)21-6-4-12-29-21)14-27(2)11-3-5-18-13-19(26-25-18)16-7-9-17(23)10-8-16/h4,6-10,12-13H,3,5,11,14H2,1-2H3,(H,25,26). The molecule has 0 aliphatic heterocycles. The van der Waals surface area contributed by atoms with Gasteiger partial charge in [-0.15, -0.1) is 11.3 Å². The molecule has 0 fully saturated rings. The minimum atomic E-state index is -0.239. The summed E-state index contributed by atoms with van der Waals surface area (Å²) in [6.45, 7) is 3.66. The fourth-order valence-electron chi connectivity index (χ4n) is 3.21. The third-order valence-electron chi connectivity index (χ3n) is 4.80. The maximum atomic E-state index is 13.1. The van der Waals surface area contributed by atoms with Crippen molar-refractivity contribution in [3.05, 3.63) is 70.8 Å². The number of rotatable bonds is 8. The first-order valence-electron chi connectivity index (χ1n) is 9.57. The van der Waals surface area contributed by atoms with Gasteiger partial charge in [-0.2, -0.15) is 5.10 Å². The Balaban J connectivity index is 1.28. The molecule has 5 nitrogen and oxygen atoms in total. The average Bonchev–Trinajstić information content (AvgIpc) is 3.45. The van der Waals surface area contributed by atoms with Crippen LogP contribution >= 0.6 is 11.3 Å². The van der Waals surface area contributed by atoms with Gasteiger partial charge >= 0.3 is 0 Å². The van der Waals surface area contributed by atoms with Gasteiger partial charge in [-0.05, 0) is 75.1 Å². The quantitative estimate of drug-likeness (QED) is 0.428. The molecule has 0 amide bonds. The summed E-state index contributed by atoms with van der Waals surface area (Å²) in [5.41, 5.74) is 3.81. The monoisotopic (exact) mass is 410 g/mol. The largest absolute Gasteiger partial charge is 0.440 e. The van der Waals surface area contributed by atoms with Crippen LogP contribution in [-0.2, 0) is 13.0 Å². The van der Waals surface area contributed by atoms with Crippen molar-refractivity contribution >= 4 is 11.3 Å². The molecule has 1 N–H and O–H groups in total. The highest BCUT2D eigenvalue weighted by atomic mass is 32.1. The molecule has 3 aromatic heterocycles. The van der Waals surface area contributed by atoms with Crippen molar-refractivity contribution in [1.29, 1.82) is 0 Å². The van der Waals surface area contributed by atoms with Gasteiger partial charge in [-0.1, -0.05) is 6.07 Å². The zero-order valence-electron chi connectivity index (χ0n) is 16.5. The van der Waals surface area contributed by atoms with Crippen molar-refractivity contribution in [3.8, 4) is 22.0 Å². The summed E-state index contributed by atoms with van der Waals surface area (Å²) >= 11 is 1.63. The van der Waals surface area contributed by atoms with Gasteiger partial charge in [0.1, 0.15) is 11.6 Å². The number of aromatic amines is 1. The second-order valence-electron chi connectivity index (χ2n) is 7.13. The van der Waals surface area contributed by atoms with E-state index in [0.29, 0.717) is 5.89 Å². The lowest BCUT2D eigenvalue weighted by molar-refractivity contribution is 0.316. The Hall–Kier alpha value is -2.77. The molecule has 0 spiro atoms. The van der Waals surface area contributed by atoms with Gasteiger partial charge in [-0.3, -0.25) is 5.10 Å². The first-order valence-corrected chi connectivity index (χ1v) is 10.5. The zero-order chi connectivity index (χ0) is 20.2. The molecule has 0 bridgehead atoms. The molecule has 7 heteroatoms. The maximum Gasteiger partial charge on any atom is 0.236 e. The lowest BCUT2D eigenvalue weighted by Crippen LogP contribution is -2.20. The van der Waals surface area contributed by atoms with Gasteiger partial charge in [0.05, 0.1) is 16.3 Å². The minimum absolute atomic E-state index is 0.239. The van der Waals surface area contributed by atoms with Crippen LogP contribution in [0.5, 0.6) is 0 Å². The summed E-state index contributed by atoms with van der Waals surface area (Å²) in [7, 11) is 2.09. The Kier molecular flexibility index (Phi) is 5.87. The number of benzene rings is 1. The predicted molar refractivity (Wildman–Crippen MR) is 113 cm³/mol. The average molecular weight is 411 g/mol. The smallest absolute Gasteiger partial charge is 0.236 e. The van der Waals surface area contributed by atoms with Crippen LogP contribution in [-0.4, -0.2) is 33.7 Å². The number of nitrogens with one attached hydrogen (secondary N) is 1. The van der Waals surface area contributed by atoms with Crippen molar-refractivity contribution in [2.24, 2.45) is 0 Å². The van der Waals surface area contributed by atoms with E-state index in [1.807, 2.05) is 30.5 Å². The zero-order valence-corrected chi connectivity index (χ0v) is 17.3. The van der Waals surface area contributed by atoms with Gasteiger partial charge in [0.2, 0.25) is 5.89 Å². The third-order valence-corrected chi connectivity index (χ3v) is 5.66. The molecule has 0 aliphatic rings. The van der Waals surface area contributed by atoms with Crippen LogP contribution < -0.4 is 0 Å². The Morgan fingerprint density at radius 2 is 2.03 bits per heavy atom. The second kappa shape index (κ2) is 8.71. The molecule has 0 saturated heterocycles. The molecule has 4 rings (SSSR count). The van der Waals surface area contributed by atoms with Crippen molar-refractivity contribution < 1.29 is 8.81 Å². The number of halogens is 1. The number of nitrogens with zero attached hydrogens (tertiary/aromatic N) is 3. The third kappa shape index (κ3) is 4.81. The molecule has 0 unspecified atom stereocenters. The molecule has 29 heavy (non-hydrogen) atoms. The van der Waals surface area contributed by atoms with Crippen LogP contribution in [0, 0.1) is 12.7 Å².